The number of fused-ring (bicyclic) bond motifs is 1. The molecule has 0 amide bonds. The van der Waals surface area contributed by atoms with Gasteiger partial charge < -0.3 is 9.88 Å². The third kappa shape index (κ3) is 3.57. The van der Waals surface area contributed by atoms with Gasteiger partial charge in [0.15, 0.2) is 5.82 Å². The van der Waals surface area contributed by atoms with Crippen LogP contribution in [0.5, 0.6) is 0 Å². The summed E-state index contributed by atoms with van der Waals surface area (Å²) in [5.41, 5.74) is 1.11. The van der Waals surface area contributed by atoms with E-state index in [9.17, 15) is 9.18 Å². The van der Waals surface area contributed by atoms with Crippen LogP contribution in [0.4, 0.5) is 4.39 Å². The van der Waals surface area contributed by atoms with Gasteiger partial charge in [-0.25, -0.2) is 9.37 Å². The summed E-state index contributed by atoms with van der Waals surface area (Å²) in [5.74, 6) is 0.422. The zero-order valence-corrected chi connectivity index (χ0v) is 14.3. The molecule has 2 aromatic carbocycles. The molecule has 3 aromatic rings. The number of benzene rings is 2. The number of hydrogen-bond donors (Lipinski definition) is 2. The number of halogens is 2. The predicted molar refractivity (Wildman–Crippen MR) is 95.2 cm³/mol. The van der Waals surface area contributed by atoms with Crippen molar-refractivity contribution in [1.82, 2.24) is 9.97 Å². The minimum Gasteiger partial charge on any atom is -0.322 e. The summed E-state index contributed by atoms with van der Waals surface area (Å²) in [4.78, 5) is 20.9. The topological polar surface area (TPSA) is 50.2 Å². The summed E-state index contributed by atoms with van der Waals surface area (Å²) in [6, 6.07) is 12.4. The predicted octanol–water partition coefficient (Wildman–Crippen LogP) is 2.46. The Balaban J connectivity index is 1.63. The van der Waals surface area contributed by atoms with Crippen molar-refractivity contribution in [3.8, 4) is 0 Å². The van der Waals surface area contributed by atoms with Crippen LogP contribution < -0.4 is 10.5 Å². The third-order valence-corrected chi connectivity index (χ3v) is 4.88. The molecule has 2 N–H and O–H groups in total. The maximum atomic E-state index is 14.0. The molecule has 4 nitrogen and oxygen atoms in total. The van der Waals surface area contributed by atoms with Crippen LogP contribution in [0, 0.1) is 5.82 Å². The zero-order chi connectivity index (χ0) is 17.4. The fourth-order valence-electron chi connectivity index (χ4n) is 3.19. The molecule has 0 bridgehead atoms. The normalized spacial score (nSPS) is 15.4. The molecule has 0 spiro atoms. The summed E-state index contributed by atoms with van der Waals surface area (Å²) in [6.45, 7) is 1.13. The lowest BCUT2D eigenvalue weighted by molar-refractivity contribution is -0.939. The van der Waals surface area contributed by atoms with Crippen molar-refractivity contribution < 1.29 is 9.29 Å². The van der Waals surface area contributed by atoms with E-state index in [0.29, 0.717) is 46.4 Å². The second-order valence-electron chi connectivity index (χ2n) is 6.55. The van der Waals surface area contributed by atoms with Crippen LogP contribution in [0.2, 0.25) is 5.02 Å². The summed E-state index contributed by atoms with van der Waals surface area (Å²) in [5, 5.41) is 1.07. The van der Waals surface area contributed by atoms with Crippen LogP contribution in [-0.2, 0) is 13.1 Å². The number of H-pyrrole nitrogens is 1. The van der Waals surface area contributed by atoms with Gasteiger partial charge in [-0.05, 0) is 24.3 Å². The molecule has 1 unspecified atom stereocenters. The molecule has 25 heavy (non-hydrogen) atoms. The number of nitrogens with zero attached hydrogens (tertiary/aromatic N) is 1. The molecule has 1 aliphatic carbocycles. The van der Waals surface area contributed by atoms with Crippen molar-refractivity contribution >= 4 is 22.5 Å². The lowest BCUT2D eigenvalue weighted by Gasteiger charge is -2.19. The van der Waals surface area contributed by atoms with Gasteiger partial charge in [-0.1, -0.05) is 29.8 Å². The molecule has 1 heterocycles. The van der Waals surface area contributed by atoms with Gasteiger partial charge in [-0.15, -0.1) is 0 Å². The summed E-state index contributed by atoms with van der Waals surface area (Å²) in [6.07, 6.45) is 2.24. The summed E-state index contributed by atoms with van der Waals surface area (Å²) in [7, 11) is 0. The van der Waals surface area contributed by atoms with E-state index < -0.39 is 0 Å². The van der Waals surface area contributed by atoms with Crippen molar-refractivity contribution in [1.29, 1.82) is 0 Å². The summed E-state index contributed by atoms with van der Waals surface area (Å²) >= 11 is 6.02. The van der Waals surface area contributed by atoms with Crippen LogP contribution in [0.25, 0.3) is 10.9 Å². The molecule has 0 saturated heterocycles. The molecule has 4 rings (SSSR count). The molecule has 1 atom stereocenters. The minimum absolute atomic E-state index is 0.169. The van der Waals surface area contributed by atoms with Crippen molar-refractivity contribution in [2.24, 2.45) is 0 Å². The number of quaternary nitrogens is 1. The van der Waals surface area contributed by atoms with Gasteiger partial charge in [0.1, 0.15) is 18.9 Å². The van der Waals surface area contributed by atoms with E-state index in [2.05, 4.69) is 9.97 Å². The van der Waals surface area contributed by atoms with Crippen LogP contribution in [-0.4, -0.2) is 16.0 Å². The van der Waals surface area contributed by atoms with Gasteiger partial charge in [0.2, 0.25) is 0 Å². The summed E-state index contributed by atoms with van der Waals surface area (Å²) < 4.78 is 14.0. The van der Waals surface area contributed by atoms with Crippen molar-refractivity contribution in [3.63, 3.8) is 0 Å². The van der Waals surface area contributed by atoms with Gasteiger partial charge in [0.25, 0.3) is 5.56 Å². The van der Waals surface area contributed by atoms with Crippen LogP contribution in [0.1, 0.15) is 24.2 Å². The first-order valence-electron chi connectivity index (χ1n) is 8.36. The molecule has 1 aliphatic rings. The first-order valence-corrected chi connectivity index (χ1v) is 8.74. The van der Waals surface area contributed by atoms with E-state index in [0.717, 1.165) is 12.8 Å². The Morgan fingerprint density at radius 1 is 1.20 bits per heavy atom. The Kier molecular flexibility index (Phi) is 4.27. The fraction of sp³-hybridized carbons (Fsp3) is 0.263. The average Bonchev–Trinajstić information content (AvgIpc) is 3.41. The molecule has 1 fully saturated rings. The number of aromatic amines is 1. The number of rotatable bonds is 5. The fourth-order valence-corrected chi connectivity index (χ4v) is 3.36. The first-order chi connectivity index (χ1) is 12.1. The second-order valence-corrected chi connectivity index (χ2v) is 6.99. The van der Waals surface area contributed by atoms with E-state index in [1.54, 1.807) is 24.3 Å². The number of hydrogen-bond acceptors (Lipinski definition) is 2. The van der Waals surface area contributed by atoms with Gasteiger partial charge in [0, 0.05) is 23.4 Å². The largest absolute Gasteiger partial charge is 0.322 e. The Hall–Kier alpha value is -2.24. The molecule has 128 valence electrons. The first kappa shape index (κ1) is 16.2. The van der Waals surface area contributed by atoms with Gasteiger partial charge in [0.05, 0.1) is 16.9 Å². The Labute approximate surface area is 149 Å². The number of aromatic nitrogens is 2. The highest BCUT2D eigenvalue weighted by Crippen LogP contribution is 2.18. The molecule has 0 aliphatic heterocycles. The highest BCUT2D eigenvalue weighted by atomic mass is 35.5. The van der Waals surface area contributed by atoms with E-state index in [-0.39, 0.29) is 11.4 Å². The van der Waals surface area contributed by atoms with E-state index >= 15 is 0 Å². The van der Waals surface area contributed by atoms with Crippen molar-refractivity contribution in [2.45, 2.75) is 32.0 Å². The average molecular weight is 359 g/mol. The lowest BCUT2D eigenvalue weighted by Crippen LogP contribution is -3.10. The maximum absolute atomic E-state index is 14.0. The number of nitrogens with one attached hydrogen (secondary N) is 2. The van der Waals surface area contributed by atoms with Gasteiger partial charge in [-0.2, -0.15) is 0 Å². The standard InChI is InChI=1S/C19H17ClFN3O/c20-13-5-8-15-17(9-13)22-18(23-19(15)25)11-24(14-6-7-14)10-12-3-1-2-4-16(12)21/h1-5,8-9,14H,6-7,10-11H2,(H,22,23,25)/p+1. The van der Waals surface area contributed by atoms with Gasteiger partial charge >= 0.3 is 0 Å². The van der Waals surface area contributed by atoms with Gasteiger partial charge in [-0.3, -0.25) is 4.79 Å². The SMILES string of the molecule is O=c1[nH]c(C[NH+](Cc2ccccc2F)C2CC2)nc2cc(Cl)ccc12. The molecule has 6 heteroatoms. The van der Waals surface area contributed by atoms with Crippen LogP contribution in [0.3, 0.4) is 0 Å². The highest BCUT2D eigenvalue weighted by molar-refractivity contribution is 6.31. The second kappa shape index (κ2) is 6.58. The van der Waals surface area contributed by atoms with Crippen LogP contribution >= 0.6 is 11.6 Å². The molecule has 1 aromatic heterocycles. The molecular formula is C19H18ClFN3O+. The minimum atomic E-state index is -0.188. The molecular weight excluding hydrogens is 341 g/mol. The van der Waals surface area contributed by atoms with E-state index in [1.165, 1.54) is 11.0 Å². The van der Waals surface area contributed by atoms with Crippen LogP contribution in [0.15, 0.2) is 47.3 Å². The quantitative estimate of drug-likeness (QED) is 0.736. The van der Waals surface area contributed by atoms with Crippen molar-refractivity contribution in [3.05, 3.63) is 75.0 Å². The van der Waals surface area contributed by atoms with Crippen molar-refractivity contribution in [2.75, 3.05) is 0 Å². The smallest absolute Gasteiger partial charge is 0.258 e. The molecule has 0 radical (unpaired) electrons. The molecule has 1 saturated carbocycles. The monoisotopic (exact) mass is 358 g/mol. The van der Waals surface area contributed by atoms with E-state index in [1.807, 2.05) is 12.1 Å². The Morgan fingerprint density at radius 3 is 2.76 bits per heavy atom. The maximum Gasteiger partial charge on any atom is 0.258 e. The highest BCUT2D eigenvalue weighted by Gasteiger charge is 2.34. The Morgan fingerprint density at radius 2 is 2.00 bits per heavy atom. The lowest BCUT2D eigenvalue weighted by atomic mass is 10.2. The Bertz CT molecular complexity index is 984. The third-order valence-electron chi connectivity index (χ3n) is 4.64. The zero-order valence-electron chi connectivity index (χ0n) is 13.6. The van der Waals surface area contributed by atoms with E-state index in [4.69, 9.17) is 11.6 Å².